The van der Waals surface area contributed by atoms with Gasteiger partial charge in [-0.05, 0) is 37.0 Å². The lowest BCUT2D eigenvalue weighted by Gasteiger charge is -2.21. The molecule has 0 aliphatic carbocycles. The van der Waals surface area contributed by atoms with Gasteiger partial charge in [-0.3, -0.25) is 9.59 Å². The van der Waals surface area contributed by atoms with Crippen LogP contribution in [-0.4, -0.2) is 29.1 Å². The van der Waals surface area contributed by atoms with E-state index in [4.69, 9.17) is 9.84 Å². The maximum atomic E-state index is 11.8. The van der Waals surface area contributed by atoms with Crippen LogP contribution in [0.4, 0.5) is 0 Å². The summed E-state index contributed by atoms with van der Waals surface area (Å²) in [4.78, 5) is 22.6. The van der Waals surface area contributed by atoms with Crippen molar-refractivity contribution in [1.29, 1.82) is 0 Å². The number of hydrogen-bond donors (Lipinski definition) is 2. The van der Waals surface area contributed by atoms with Gasteiger partial charge in [0, 0.05) is 0 Å². The Kier molecular flexibility index (Phi) is 5.35. The highest BCUT2D eigenvalue weighted by molar-refractivity contribution is 5.86. The van der Waals surface area contributed by atoms with Gasteiger partial charge in [-0.15, -0.1) is 0 Å². The first-order valence-corrected chi connectivity index (χ1v) is 6.91. The molecule has 0 saturated carbocycles. The molecular formula is C16H23NO4. The van der Waals surface area contributed by atoms with Crippen LogP contribution in [0.3, 0.4) is 0 Å². The number of nitrogens with one attached hydrogen (secondary N) is 1. The molecule has 0 fully saturated rings. The second-order valence-corrected chi connectivity index (χ2v) is 6.11. The Morgan fingerprint density at radius 1 is 1.24 bits per heavy atom. The molecule has 2 atom stereocenters. The lowest BCUT2D eigenvalue weighted by atomic mass is 9.87. The first-order chi connectivity index (χ1) is 9.61. The number of carbonyl (C=O) groups excluding carboxylic acids is 1. The number of ether oxygens (including phenoxy) is 1. The zero-order valence-electron chi connectivity index (χ0n) is 13.1. The molecule has 0 heterocycles. The average Bonchev–Trinajstić information content (AvgIpc) is 2.37. The molecule has 0 bridgehead atoms. The van der Waals surface area contributed by atoms with Crippen molar-refractivity contribution in [2.24, 2.45) is 0 Å². The average molecular weight is 293 g/mol. The minimum absolute atomic E-state index is 0.0112. The lowest BCUT2D eigenvalue weighted by Crippen LogP contribution is -2.44. The van der Waals surface area contributed by atoms with Crippen molar-refractivity contribution in [2.75, 3.05) is 0 Å². The highest BCUT2D eigenvalue weighted by atomic mass is 16.5. The molecule has 0 aliphatic heterocycles. The molecule has 1 aromatic carbocycles. The SMILES string of the molecule is CC(Oc1cccc(C(C)(C)C)c1)C(=O)N[C@@H](C)C(=O)O. The lowest BCUT2D eigenvalue weighted by molar-refractivity contribution is -0.142. The van der Waals surface area contributed by atoms with Crippen molar-refractivity contribution in [3.8, 4) is 5.75 Å². The molecule has 1 rings (SSSR count). The Morgan fingerprint density at radius 2 is 1.86 bits per heavy atom. The van der Waals surface area contributed by atoms with Crippen molar-refractivity contribution in [3.05, 3.63) is 29.8 Å². The Hall–Kier alpha value is -2.04. The van der Waals surface area contributed by atoms with Crippen LogP contribution >= 0.6 is 0 Å². The van der Waals surface area contributed by atoms with E-state index in [1.54, 1.807) is 13.0 Å². The van der Waals surface area contributed by atoms with Crippen molar-refractivity contribution in [2.45, 2.75) is 52.2 Å². The Bertz CT molecular complexity index is 519. The molecule has 1 unspecified atom stereocenters. The summed E-state index contributed by atoms with van der Waals surface area (Å²) in [6, 6.07) is 6.61. The largest absolute Gasteiger partial charge is 0.481 e. The quantitative estimate of drug-likeness (QED) is 0.873. The van der Waals surface area contributed by atoms with Gasteiger partial charge in [0.1, 0.15) is 11.8 Å². The van der Waals surface area contributed by atoms with Gasteiger partial charge in [0.2, 0.25) is 0 Å². The number of hydrogen-bond acceptors (Lipinski definition) is 3. The first-order valence-electron chi connectivity index (χ1n) is 6.91. The topological polar surface area (TPSA) is 75.6 Å². The maximum absolute atomic E-state index is 11.8. The van der Waals surface area contributed by atoms with Crippen LogP contribution in [0.15, 0.2) is 24.3 Å². The van der Waals surface area contributed by atoms with Crippen LogP contribution in [0.2, 0.25) is 0 Å². The summed E-state index contributed by atoms with van der Waals surface area (Å²) < 4.78 is 5.59. The van der Waals surface area contributed by atoms with E-state index in [-0.39, 0.29) is 5.41 Å². The molecule has 0 spiro atoms. The summed E-state index contributed by atoms with van der Waals surface area (Å²) in [5.41, 5.74) is 1.09. The van der Waals surface area contributed by atoms with Crippen LogP contribution < -0.4 is 10.1 Å². The van der Waals surface area contributed by atoms with E-state index in [9.17, 15) is 9.59 Å². The van der Waals surface area contributed by atoms with E-state index in [1.165, 1.54) is 6.92 Å². The van der Waals surface area contributed by atoms with Crippen molar-refractivity contribution in [1.82, 2.24) is 5.32 Å². The fourth-order valence-electron chi connectivity index (χ4n) is 1.69. The van der Waals surface area contributed by atoms with Gasteiger partial charge < -0.3 is 15.2 Å². The minimum atomic E-state index is -1.08. The van der Waals surface area contributed by atoms with Gasteiger partial charge in [0.05, 0.1) is 0 Å². The fourth-order valence-corrected chi connectivity index (χ4v) is 1.69. The number of aliphatic carboxylic acids is 1. The molecular weight excluding hydrogens is 270 g/mol. The Labute approximate surface area is 125 Å². The zero-order valence-corrected chi connectivity index (χ0v) is 13.1. The number of carbonyl (C=O) groups is 2. The highest BCUT2D eigenvalue weighted by Gasteiger charge is 2.21. The fraction of sp³-hybridized carbons (Fsp3) is 0.500. The smallest absolute Gasteiger partial charge is 0.325 e. The van der Waals surface area contributed by atoms with Crippen molar-refractivity contribution < 1.29 is 19.4 Å². The monoisotopic (exact) mass is 293 g/mol. The van der Waals surface area contributed by atoms with Crippen LogP contribution in [-0.2, 0) is 15.0 Å². The second-order valence-electron chi connectivity index (χ2n) is 6.11. The number of carboxylic acid groups (broad SMARTS) is 1. The number of carboxylic acids is 1. The molecule has 0 aliphatic rings. The van der Waals surface area contributed by atoms with Crippen LogP contribution in [0.5, 0.6) is 5.75 Å². The van der Waals surface area contributed by atoms with Gasteiger partial charge in [-0.1, -0.05) is 32.9 Å². The summed E-state index contributed by atoms with van der Waals surface area (Å²) in [7, 11) is 0. The number of amides is 1. The van der Waals surface area contributed by atoms with Gasteiger partial charge >= 0.3 is 5.97 Å². The molecule has 0 radical (unpaired) electrons. The standard InChI is InChI=1S/C16H23NO4/c1-10(15(19)20)17-14(18)11(2)21-13-8-6-7-12(9-13)16(3,4)5/h6-11H,1-5H3,(H,17,18)(H,19,20)/t10-,11?/m0/s1. The second kappa shape index (κ2) is 6.61. The molecule has 2 N–H and O–H groups in total. The van der Waals surface area contributed by atoms with Gasteiger partial charge in [0.25, 0.3) is 5.91 Å². The third kappa shape index (κ3) is 5.10. The molecule has 0 aromatic heterocycles. The highest BCUT2D eigenvalue weighted by Crippen LogP contribution is 2.26. The summed E-state index contributed by atoms with van der Waals surface area (Å²) >= 11 is 0. The summed E-state index contributed by atoms with van der Waals surface area (Å²) in [6.45, 7) is 9.28. The van der Waals surface area contributed by atoms with Crippen molar-refractivity contribution >= 4 is 11.9 Å². The first kappa shape index (κ1) is 17.0. The molecule has 21 heavy (non-hydrogen) atoms. The van der Waals surface area contributed by atoms with Gasteiger partial charge in [-0.2, -0.15) is 0 Å². The maximum Gasteiger partial charge on any atom is 0.325 e. The minimum Gasteiger partial charge on any atom is -0.481 e. The Balaban J connectivity index is 2.73. The van der Waals surface area contributed by atoms with E-state index >= 15 is 0 Å². The molecule has 0 saturated heterocycles. The predicted octanol–water partition coefficient (Wildman–Crippen LogP) is 2.34. The summed E-state index contributed by atoms with van der Waals surface area (Å²) in [6.07, 6.45) is -0.762. The Morgan fingerprint density at radius 3 is 2.38 bits per heavy atom. The molecule has 1 amide bonds. The van der Waals surface area contributed by atoms with E-state index in [0.29, 0.717) is 5.75 Å². The van der Waals surface area contributed by atoms with Crippen LogP contribution in [0.1, 0.15) is 40.2 Å². The number of benzene rings is 1. The zero-order chi connectivity index (χ0) is 16.2. The van der Waals surface area contributed by atoms with E-state index in [2.05, 4.69) is 26.1 Å². The third-order valence-corrected chi connectivity index (χ3v) is 3.11. The van der Waals surface area contributed by atoms with E-state index < -0.39 is 24.0 Å². The molecule has 1 aromatic rings. The summed E-state index contributed by atoms with van der Waals surface area (Å²) in [5.74, 6) is -0.940. The van der Waals surface area contributed by atoms with E-state index in [0.717, 1.165) is 5.56 Å². The molecule has 5 heteroatoms. The summed E-state index contributed by atoms with van der Waals surface area (Å²) in [5, 5.41) is 11.2. The third-order valence-electron chi connectivity index (χ3n) is 3.11. The van der Waals surface area contributed by atoms with Crippen LogP contribution in [0.25, 0.3) is 0 Å². The van der Waals surface area contributed by atoms with E-state index in [1.807, 2.05) is 18.2 Å². The normalized spacial score (nSPS) is 14.1. The number of rotatable bonds is 5. The van der Waals surface area contributed by atoms with Gasteiger partial charge in [0.15, 0.2) is 6.10 Å². The molecule has 116 valence electrons. The van der Waals surface area contributed by atoms with Crippen molar-refractivity contribution in [3.63, 3.8) is 0 Å². The van der Waals surface area contributed by atoms with Crippen LogP contribution in [0, 0.1) is 0 Å². The molecule has 5 nitrogen and oxygen atoms in total. The predicted molar refractivity (Wildman–Crippen MR) is 80.5 cm³/mol. The van der Waals surface area contributed by atoms with Gasteiger partial charge in [-0.25, -0.2) is 0 Å².